The van der Waals surface area contributed by atoms with Gasteiger partial charge in [-0.2, -0.15) is 0 Å². The monoisotopic (exact) mass is 670 g/mol. The molecule has 5 N–H and O–H groups in total. The van der Waals surface area contributed by atoms with Crippen molar-refractivity contribution in [2.75, 3.05) is 21.3 Å². The van der Waals surface area contributed by atoms with E-state index in [2.05, 4.69) is 10.6 Å². The SMILES string of the molecule is COc1cc2c(c(OC)c1)-c1cc(ccc1OC)[C@@H](C(=O)O)NC(=O)Cc1cccc(c1)Oc1ccc(cc1[N+](=O)[O-])C[C@H](N)C(=O)NC2. The Morgan fingerprint density at radius 2 is 1.73 bits per heavy atom. The number of carboxylic acids is 1. The summed E-state index contributed by atoms with van der Waals surface area (Å²) in [4.78, 5) is 50.4. The van der Waals surface area contributed by atoms with Gasteiger partial charge in [-0.3, -0.25) is 19.7 Å². The summed E-state index contributed by atoms with van der Waals surface area (Å²) in [7, 11) is 4.38. The first-order valence-electron chi connectivity index (χ1n) is 15.0. The van der Waals surface area contributed by atoms with E-state index >= 15 is 0 Å². The molecule has 0 radical (unpaired) electrons. The molecule has 2 heterocycles. The number of nitro benzene ring substituents is 1. The molecule has 0 saturated carbocycles. The average molecular weight is 671 g/mol. The zero-order valence-corrected chi connectivity index (χ0v) is 26.9. The Bertz CT molecular complexity index is 1930. The molecule has 0 fully saturated rings. The van der Waals surface area contributed by atoms with Crippen LogP contribution in [0.5, 0.6) is 28.7 Å². The second-order valence-electron chi connectivity index (χ2n) is 11.2. The lowest BCUT2D eigenvalue weighted by molar-refractivity contribution is -0.385. The van der Waals surface area contributed by atoms with Crippen LogP contribution in [0.15, 0.2) is 72.8 Å². The number of nitrogens with zero attached hydrogens (tertiary/aromatic N) is 1. The Hall–Kier alpha value is -6.15. The van der Waals surface area contributed by atoms with Gasteiger partial charge >= 0.3 is 11.7 Å². The first kappa shape index (κ1) is 34.2. The van der Waals surface area contributed by atoms with Gasteiger partial charge in [0, 0.05) is 29.8 Å². The summed E-state index contributed by atoms with van der Waals surface area (Å²) >= 11 is 0. The molecule has 0 unspecified atom stereocenters. The lowest BCUT2D eigenvalue weighted by Crippen LogP contribution is -2.41. The number of hydrogen-bond donors (Lipinski definition) is 4. The molecule has 0 aromatic heterocycles. The number of nitrogens with one attached hydrogen (secondary N) is 2. The third-order valence-corrected chi connectivity index (χ3v) is 7.95. The lowest BCUT2D eigenvalue weighted by atomic mass is 9.93. The molecule has 2 aliphatic heterocycles. The second-order valence-corrected chi connectivity index (χ2v) is 11.2. The van der Waals surface area contributed by atoms with Crippen LogP contribution in [-0.4, -0.2) is 55.2 Å². The van der Waals surface area contributed by atoms with E-state index in [1.165, 1.54) is 45.6 Å². The van der Waals surface area contributed by atoms with Gasteiger partial charge in [0.15, 0.2) is 6.04 Å². The first-order chi connectivity index (χ1) is 23.5. The van der Waals surface area contributed by atoms with E-state index in [9.17, 15) is 29.6 Å². The van der Waals surface area contributed by atoms with Crippen molar-refractivity contribution in [1.82, 2.24) is 10.6 Å². The fourth-order valence-corrected chi connectivity index (χ4v) is 5.58. The van der Waals surface area contributed by atoms with Gasteiger partial charge in [-0.05, 0) is 65.1 Å². The molecule has 14 nitrogen and oxygen atoms in total. The summed E-state index contributed by atoms with van der Waals surface area (Å²) < 4.78 is 22.7. The minimum atomic E-state index is -1.46. The van der Waals surface area contributed by atoms with Gasteiger partial charge in [-0.15, -0.1) is 0 Å². The van der Waals surface area contributed by atoms with Crippen LogP contribution in [0.25, 0.3) is 11.1 Å². The number of carbonyl (C=O) groups excluding carboxylic acids is 2. The van der Waals surface area contributed by atoms with Crippen LogP contribution in [0.1, 0.15) is 28.3 Å². The molecule has 2 amide bonds. The third-order valence-electron chi connectivity index (χ3n) is 7.95. The minimum Gasteiger partial charge on any atom is -0.497 e. The standard InChI is InChI=1S/C35H34N4O10/c1-46-24-15-22-18-37-34(41)26(36)12-20-7-9-29(27(13-20)39(44)45)49-23-6-4-5-19(11-23)14-31(40)38-33(35(42)43)21-8-10-28(47-2)25(16-21)32(22)30(17-24)48-3/h4-11,13,15-17,26,33H,12,14,18,36H2,1-3H3,(H,37,41)(H,38,40)(H,42,43)/t26-,33-/m0/s1. The Labute approximate surface area is 280 Å². The van der Waals surface area contributed by atoms with Crippen molar-refractivity contribution >= 4 is 23.5 Å². The highest BCUT2D eigenvalue weighted by Crippen LogP contribution is 2.43. The normalized spacial score (nSPS) is 16.4. The summed E-state index contributed by atoms with van der Waals surface area (Å²) in [6.07, 6.45) is -0.225. The molecule has 6 rings (SSSR count). The van der Waals surface area contributed by atoms with Crippen LogP contribution in [-0.2, 0) is 33.8 Å². The van der Waals surface area contributed by atoms with Crippen molar-refractivity contribution in [1.29, 1.82) is 0 Å². The molecule has 254 valence electrons. The van der Waals surface area contributed by atoms with Gasteiger partial charge < -0.3 is 40.4 Å². The number of carboxylic acid groups (broad SMARTS) is 1. The van der Waals surface area contributed by atoms with Gasteiger partial charge in [-0.1, -0.05) is 24.3 Å². The lowest BCUT2D eigenvalue weighted by Gasteiger charge is -2.21. The highest BCUT2D eigenvalue weighted by molar-refractivity contribution is 5.88. The molecule has 0 aliphatic carbocycles. The highest BCUT2D eigenvalue weighted by Gasteiger charge is 2.27. The van der Waals surface area contributed by atoms with Crippen LogP contribution in [0.2, 0.25) is 0 Å². The maximum Gasteiger partial charge on any atom is 0.330 e. The Morgan fingerprint density at radius 3 is 2.43 bits per heavy atom. The number of benzene rings is 4. The van der Waals surface area contributed by atoms with Gasteiger partial charge in [0.05, 0.1) is 38.7 Å². The van der Waals surface area contributed by atoms with Crippen LogP contribution < -0.4 is 35.3 Å². The maximum absolute atomic E-state index is 13.3. The first-order valence-corrected chi connectivity index (χ1v) is 15.0. The molecular formula is C35H34N4O10. The zero-order chi connectivity index (χ0) is 35.2. The van der Waals surface area contributed by atoms with Crippen molar-refractivity contribution in [2.45, 2.75) is 31.5 Å². The number of aliphatic carboxylic acids is 1. The number of ether oxygens (including phenoxy) is 4. The number of nitro groups is 1. The zero-order valence-electron chi connectivity index (χ0n) is 26.9. The maximum atomic E-state index is 13.3. The van der Waals surface area contributed by atoms with E-state index < -0.39 is 34.8 Å². The number of nitrogens with two attached hydrogens (primary N) is 1. The fraction of sp³-hybridized carbons (Fsp3) is 0.229. The smallest absolute Gasteiger partial charge is 0.330 e. The van der Waals surface area contributed by atoms with E-state index in [-0.39, 0.29) is 42.1 Å². The number of fused-ring (bicyclic) bond motifs is 9. The largest absolute Gasteiger partial charge is 0.497 e. The topological polar surface area (TPSA) is 202 Å². The molecule has 4 aromatic rings. The van der Waals surface area contributed by atoms with Gasteiger partial charge in [0.25, 0.3) is 0 Å². The second kappa shape index (κ2) is 14.7. The van der Waals surface area contributed by atoms with Gasteiger partial charge in [-0.25, -0.2) is 4.79 Å². The van der Waals surface area contributed by atoms with E-state index in [0.717, 1.165) is 0 Å². The minimum absolute atomic E-state index is 0.0156. The van der Waals surface area contributed by atoms with Crippen molar-refractivity contribution in [3.05, 3.63) is 105 Å². The molecule has 6 bridgehead atoms. The van der Waals surface area contributed by atoms with Crippen molar-refractivity contribution in [3.63, 3.8) is 0 Å². The van der Waals surface area contributed by atoms with Crippen molar-refractivity contribution in [2.24, 2.45) is 5.73 Å². The number of amides is 2. The number of carbonyl (C=O) groups is 3. The molecule has 2 aliphatic rings. The predicted octanol–water partition coefficient (Wildman–Crippen LogP) is 4.06. The van der Waals surface area contributed by atoms with E-state index in [1.54, 1.807) is 48.5 Å². The summed E-state index contributed by atoms with van der Waals surface area (Å²) in [6, 6.07) is 16.1. The van der Waals surface area contributed by atoms with Gasteiger partial charge in [0.1, 0.15) is 23.0 Å². The molecule has 4 aromatic carbocycles. The summed E-state index contributed by atoms with van der Waals surface area (Å²) in [6.45, 7) is -0.0629. The van der Waals surface area contributed by atoms with Gasteiger partial charge in [0.2, 0.25) is 17.6 Å². The Balaban J connectivity index is 1.65. The summed E-state index contributed by atoms with van der Waals surface area (Å²) in [5, 5.41) is 27.6. The molecule has 0 spiro atoms. The van der Waals surface area contributed by atoms with Crippen molar-refractivity contribution < 1.29 is 43.4 Å². The average Bonchev–Trinajstić information content (AvgIpc) is 3.08. The molecule has 49 heavy (non-hydrogen) atoms. The van der Waals surface area contributed by atoms with E-state index in [4.69, 9.17) is 24.7 Å². The molecule has 14 heteroatoms. The predicted molar refractivity (Wildman–Crippen MR) is 177 cm³/mol. The van der Waals surface area contributed by atoms with E-state index in [1.807, 2.05) is 0 Å². The Morgan fingerprint density at radius 1 is 0.959 bits per heavy atom. The molecule has 2 atom stereocenters. The highest BCUT2D eigenvalue weighted by atomic mass is 16.6. The fourth-order valence-electron chi connectivity index (χ4n) is 5.58. The third kappa shape index (κ3) is 7.71. The summed E-state index contributed by atoms with van der Waals surface area (Å²) in [5.74, 6) is -1.17. The molecular weight excluding hydrogens is 636 g/mol. The van der Waals surface area contributed by atoms with Crippen LogP contribution in [0.3, 0.4) is 0 Å². The Kier molecular flexibility index (Phi) is 10.3. The van der Waals surface area contributed by atoms with Crippen molar-refractivity contribution in [3.8, 4) is 39.9 Å². The number of hydrogen-bond acceptors (Lipinski definition) is 10. The van der Waals surface area contributed by atoms with Crippen LogP contribution >= 0.6 is 0 Å². The number of methoxy groups -OCH3 is 3. The van der Waals surface area contributed by atoms with Crippen LogP contribution in [0.4, 0.5) is 5.69 Å². The molecule has 0 saturated heterocycles. The van der Waals surface area contributed by atoms with Crippen LogP contribution in [0, 0.1) is 10.1 Å². The number of rotatable bonds is 5. The quantitative estimate of drug-likeness (QED) is 0.176. The summed E-state index contributed by atoms with van der Waals surface area (Å²) in [5.41, 5.74) is 8.48. The van der Waals surface area contributed by atoms with E-state index in [0.29, 0.717) is 45.1 Å².